The maximum Gasteiger partial charge on any atom is 0.215 e. The molecule has 168 valence electrons. The Kier molecular flexibility index (Phi) is 5.01. The van der Waals surface area contributed by atoms with Gasteiger partial charge in [-0.15, -0.1) is 0 Å². The van der Waals surface area contributed by atoms with Gasteiger partial charge in [-0.1, -0.05) is 6.92 Å². The number of guanidine groups is 1. The standard InChI is InChI=1S/C23H23FN8O/c1-3-23(33,17-4-5-26-11-18(17)24)20-7-19(30-22(25)31-20)16-10-28-21-15(16)6-13(8-27-21)14-9-29-32(2)12-14/h4-6,8-12,19,33H,3,7H2,1-2H3,(H2,25,30)(H,27,28). The van der Waals surface area contributed by atoms with E-state index in [1.807, 2.05) is 25.5 Å². The molecule has 0 fully saturated rings. The Balaban J connectivity index is 1.55. The Morgan fingerprint density at radius 1 is 1.30 bits per heavy atom. The SMILES string of the molecule is CCC(O)(C1=NC(N)=NC(c2c[nH]c3ncc(-c4cnn(C)c4)cc23)C1)c1ccncc1F. The minimum atomic E-state index is -1.63. The van der Waals surface area contributed by atoms with Gasteiger partial charge < -0.3 is 15.8 Å². The van der Waals surface area contributed by atoms with Crippen LogP contribution in [0.25, 0.3) is 22.2 Å². The summed E-state index contributed by atoms with van der Waals surface area (Å²) in [5.41, 5.74) is 8.36. The van der Waals surface area contributed by atoms with Gasteiger partial charge in [-0.05, 0) is 18.6 Å². The second-order valence-electron chi connectivity index (χ2n) is 8.10. The monoisotopic (exact) mass is 446 g/mol. The van der Waals surface area contributed by atoms with Crippen molar-refractivity contribution < 1.29 is 9.50 Å². The number of aryl methyl sites for hydroxylation is 1. The average molecular weight is 446 g/mol. The number of nitrogens with two attached hydrogens (primary N) is 1. The second kappa shape index (κ2) is 7.89. The first-order valence-electron chi connectivity index (χ1n) is 10.6. The number of aliphatic hydroxyl groups is 1. The first-order valence-corrected chi connectivity index (χ1v) is 10.6. The zero-order valence-electron chi connectivity index (χ0n) is 18.2. The number of pyridine rings is 2. The van der Waals surface area contributed by atoms with Gasteiger partial charge in [0.15, 0.2) is 0 Å². The van der Waals surface area contributed by atoms with E-state index in [0.29, 0.717) is 11.4 Å². The molecular weight excluding hydrogens is 423 g/mol. The largest absolute Gasteiger partial charge is 0.379 e. The summed E-state index contributed by atoms with van der Waals surface area (Å²) >= 11 is 0. The molecule has 0 radical (unpaired) electrons. The molecule has 0 saturated heterocycles. The Hall–Kier alpha value is -3.92. The van der Waals surface area contributed by atoms with Crippen molar-refractivity contribution in [2.75, 3.05) is 0 Å². The summed E-state index contributed by atoms with van der Waals surface area (Å²) in [6, 6.07) is 3.07. The zero-order chi connectivity index (χ0) is 23.2. The summed E-state index contributed by atoms with van der Waals surface area (Å²) in [4.78, 5) is 20.3. The van der Waals surface area contributed by atoms with Crippen LogP contribution in [0.15, 0.2) is 59.3 Å². The summed E-state index contributed by atoms with van der Waals surface area (Å²) in [7, 11) is 1.86. The molecule has 1 aliphatic heterocycles. The van der Waals surface area contributed by atoms with Gasteiger partial charge in [0, 0.05) is 65.9 Å². The molecule has 0 bridgehead atoms. The predicted molar refractivity (Wildman–Crippen MR) is 123 cm³/mol. The van der Waals surface area contributed by atoms with Gasteiger partial charge in [0.05, 0.1) is 24.1 Å². The molecule has 9 nitrogen and oxygen atoms in total. The van der Waals surface area contributed by atoms with Gasteiger partial charge in [0.2, 0.25) is 5.96 Å². The molecule has 0 saturated carbocycles. The highest BCUT2D eigenvalue weighted by atomic mass is 19.1. The Morgan fingerprint density at radius 3 is 2.88 bits per heavy atom. The molecule has 0 aromatic carbocycles. The van der Waals surface area contributed by atoms with Crippen LogP contribution in [-0.4, -0.2) is 41.5 Å². The van der Waals surface area contributed by atoms with Gasteiger partial charge in [0.25, 0.3) is 0 Å². The van der Waals surface area contributed by atoms with Crippen molar-refractivity contribution in [1.29, 1.82) is 0 Å². The van der Waals surface area contributed by atoms with E-state index in [-0.39, 0.29) is 24.4 Å². The lowest BCUT2D eigenvalue weighted by atomic mass is 9.82. The molecule has 33 heavy (non-hydrogen) atoms. The minimum absolute atomic E-state index is 0.0355. The maximum atomic E-state index is 14.6. The number of rotatable bonds is 5. The van der Waals surface area contributed by atoms with Gasteiger partial charge in [0.1, 0.15) is 17.1 Å². The quantitative estimate of drug-likeness (QED) is 0.434. The number of aromatic amines is 1. The Bertz CT molecular complexity index is 1400. The first-order chi connectivity index (χ1) is 15.9. The number of aliphatic imine (C=N–C) groups is 2. The summed E-state index contributed by atoms with van der Waals surface area (Å²) < 4.78 is 16.3. The molecule has 4 aromatic heterocycles. The van der Waals surface area contributed by atoms with E-state index in [9.17, 15) is 9.50 Å². The van der Waals surface area contributed by atoms with Crippen molar-refractivity contribution in [2.24, 2.45) is 22.8 Å². The van der Waals surface area contributed by atoms with Gasteiger partial charge in [-0.25, -0.2) is 19.4 Å². The van der Waals surface area contributed by atoms with Crippen LogP contribution in [0, 0.1) is 5.82 Å². The lowest BCUT2D eigenvalue weighted by Crippen LogP contribution is -2.39. The number of H-pyrrole nitrogens is 1. The molecule has 10 heteroatoms. The summed E-state index contributed by atoms with van der Waals surface area (Å²) in [5.74, 6) is -0.562. The number of halogens is 1. The highest BCUT2D eigenvalue weighted by molar-refractivity contribution is 6.04. The molecule has 0 spiro atoms. The van der Waals surface area contributed by atoms with Gasteiger partial charge >= 0.3 is 0 Å². The number of nitrogens with one attached hydrogen (secondary N) is 1. The first kappa shape index (κ1) is 21.0. The summed E-state index contributed by atoms with van der Waals surface area (Å²) in [6.07, 6.45) is 10.3. The van der Waals surface area contributed by atoms with Crippen molar-refractivity contribution in [3.63, 3.8) is 0 Å². The van der Waals surface area contributed by atoms with E-state index in [0.717, 1.165) is 28.3 Å². The van der Waals surface area contributed by atoms with Crippen molar-refractivity contribution >= 4 is 22.7 Å². The van der Waals surface area contributed by atoms with E-state index in [1.54, 1.807) is 24.0 Å². The molecule has 0 aliphatic carbocycles. The Morgan fingerprint density at radius 2 is 2.15 bits per heavy atom. The van der Waals surface area contributed by atoms with Crippen LogP contribution in [0.1, 0.15) is 36.9 Å². The number of aromatic nitrogens is 5. The molecule has 1 aliphatic rings. The fraction of sp³-hybridized carbons (Fsp3) is 0.261. The third-order valence-corrected chi connectivity index (χ3v) is 6.09. The predicted octanol–water partition coefficient (Wildman–Crippen LogP) is 3.00. The van der Waals surface area contributed by atoms with Crippen LogP contribution in [0.4, 0.5) is 4.39 Å². The van der Waals surface area contributed by atoms with Gasteiger partial charge in [-0.2, -0.15) is 5.10 Å². The fourth-order valence-electron chi connectivity index (χ4n) is 4.33. The second-order valence-corrected chi connectivity index (χ2v) is 8.10. The summed E-state index contributed by atoms with van der Waals surface area (Å²) in [5, 5.41) is 16.6. The van der Waals surface area contributed by atoms with E-state index in [1.165, 1.54) is 12.3 Å². The molecule has 2 unspecified atom stereocenters. The van der Waals surface area contributed by atoms with Crippen molar-refractivity contribution in [3.8, 4) is 11.1 Å². The van der Waals surface area contributed by atoms with Crippen LogP contribution in [-0.2, 0) is 12.6 Å². The molecular formula is C23H23FN8O. The fourth-order valence-corrected chi connectivity index (χ4v) is 4.33. The minimum Gasteiger partial charge on any atom is -0.379 e. The van der Waals surface area contributed by atoms with Crippen LogP contribution >= 0.6 is 0 Å². The third kappa shape index (κ3) is 3.58. The van der Waals surface area contributed by atoms with Crippen LogP contribution in [0.2, 0.25) is 0 Å². The highest BCUT2D eigenvalue weighted by Gasteiger charge is 2.39. The molecule has 0 amide bonds. The van der Waals surface area contributed by atoms with Crippen LogP contribution < -0.4 is 5.73 Å². The van der Waals surface area contributed by atoms with E-state index in [2.05, 4.69) is 30.0 Å². The highest BCUT2D eigenvalue weighted by Crippen LogP contribution is 2.38. The molecule has 5 heterocycles. The van der Waals surface area contributed by atoms with E-state index < -0.39 is 17.5 Å². The number of fused-ring (bicyclic) bond motifs is 1. The van der Waals surface area contributed by atoms with E-state index >= 15 is 0 Å². The number of nitrogens with zero attached hydrogens (tertiary/aromatic N) is 6. The maximum absolute atomic E-state index is 14.6. The zero-order valence-corrected chi connectivity index (χ0v) is 18.2. The molecule has 2 atom stereocenters. The van der Waals surface area contributed by atoms with E-state index in [4.69, 9.17) is 5.73 Å². The average Bonchev–Trinajstić information content (AvgIpc) is 3.44. The normalized spacial score (nSPS) is 18.1. The Labute approximate surface area is 188 Å². The van der Waals surface area contributed by atoms with Crippen molar-refractivity contribution in [2.45, 2.75) is 31.4 Å². The summed E-state index contributed by atoms with van der Waals surface area (Å²) in [6.45, 7) is 1.77. The van der Waals surface area contributed by atoms with Gasteiger partial charge in [-0.3, -0.25) is 9.67 Å². The number of hydrogen-bond donors (Lipinski definition) is 3. The lowest BCUT2D eigenvalue weighted by molar-refractivity contribution is 0.0994. The van der Waals surface area contributed by atoms with Crippen LogP contribution in [0.5, 0.6) is 0 Å². The smallest absolute Gasteiger partial charge is 0.215 e. The molecule has 4 aromatic rings. The van der Waals surface area contributed by atoms with Crippen molar-refractivity contribution in [3.05, 3.63) is 66.3 Å². The topological polar surface area (TPSA) is 130 Å². The lowest BCUT2D eigenvalue weighted by Gasteiger charge is -2.32. The molecule has 5 rings (SSSR count). The third-order valence-electron chi connectivity index (χ3n) is 6.09. The van der Waals surface area contributed by atoms with Crippen LogP contribution in [0.3, 0.4) is 0 Å². The molecule has 4 N–H and O–H groups in total. The van der Waals surface area contributed by atoms with Crippen molar-refractivity contribution in [1.82, 2.24) is 24.7 Å². The number of hydrogen-bond acceptors (Lipinski definition) is 7.